The van der Waals surface area contributed by atoms with Crippen LogP contribution in [0, 0.1) is 0 Å². The van der Waals surface area contributed by atoms with Crippen LogP contribution in [0.2, 0.25) is 0 Å². The summed E-state index contributed by atoms with van der Waals surface area (Å²) in [6.07, 6.45) is 3.18. The number of esters is 1. The summed E-state index contributed by atoms with van der Waals surface area (Å²) in [4.78, 5) is 31.9. The lowest BCUT2D eigenvalue weighted by molar-refractivity contribution is -0.151. The minimum Gasteiger partial charge on any atom is -0.468 e. The highest BCUT2D eigenvalue weighted by atomic mass is 16.5. The molecule has 0 unspecified atom stereocenters. The van der Waals surface area contributed by atoms with E-state index in [0.717, 1.165) is 22.0 Å². The Kier molecular flexibility index (Phi) is 5.30. The summed E-state index contributed by atoms with van der Waals surface area (Å²) in [5.41, 5.74) is 2.07. The first-order valence-electron chi connectivity index (χ1n) is 9.88. The summed E-state index contributed by atoms with van der Waals surface area (Å²) >= 11 is 0. The highest BCUT2D eigenvalue weighted by molar-refractivity contribution is 5.88. The molecule has 0 saturated carbocycles. The molecule has 0 atom stereocenters. The van der Waals surface area contributed by atoms with Crippen LogP contribution in [0.1, 0.15) is 24.0 Å². The molecule has 1 amide bonds. The van der Waals surface area contributed by atoms with Crippen molar-refractivity contribution in [2.75, 3.05) is 20.2 Å². The molecule has 0 aliphatic carbocycles. The van der Waals surface area contributed by atoms with Crippen LogP contribution in [0.5, 0.6) is 0 Å². The number of likely N-dealkylation sites (tertiary alicyclic amines) is 1. The molecular weight excluding hydrogens is 364 g/mol. The summed E-state index contributed by atoms with van der Waals surface area (Å²) in [5, 5.41) is 1.03. The van der Waals surface area contributed by atoms with Gasteiger partial charge in [0.25, 0.3) is 0 Å². The topological polar surface area (TPSA) is 59.5 Å². The molecule has 0 radical (unpaired) electrons. The maximum Gasteiger partial charge on any atom is 0.316 e. The lowest BCUT2D eigenvalue weighted by Crippen LogP contribution is -2.49. The Labute approximate surface area is 170 Å². The number of aromatic nitrogens is 1. The van der Waals surface area contributed by atoms with Gasteiger partial charge in [-0.1, -0.05) is 54.6 Å². The van der Waals surface area contributed by atoms with Gasteiger partial charge < -0.3 is 9.64 Å². The van der Waals surface area contributed by atoms with Gasteiger partial charge >= 0.3 is 5.97 Å². The number of piperidine rings is 1. The zero-order valence-electron chi connectivity index (χ0n) is 16.5. The third-order valence-electron chi connectivity index (χ3n) is 5.93. The van der Waals surface area contributed by atoms with Crippen molar-refractivity contribution in [1.82, 2.24) is 9.88 Å². The van der Waals surface area contributed by atoms with Crippen molar-refractivity contribution in [2.45, 2.75) is 24.7 Å². The Morgan fingerprint density at radius 1 is 1.00 bits per heavy atom. The van der Waals surface area contributed by atoms with Gasteiger partial charge in [0.1, 0.15) is 0 Å². The fourth-order valence-corrected chi connectivity index (χ4v) is 4.29. The van der Waals surface area contributed by atoms with E-state index in [1.165, 1.54) is 7.11 Å². The number of methoxy groups -OCH3 is 1. The molecule has 1 saturated heterocycles. The second kappa shape index (κ2) is 8.03. The number of fused-ring (bicyclic) bond motifs is 1. The van der Waals surface area contributed by atoms with Crippen molar-refractivity contribution in [3.05, 3.63) is 78.0 Å². The SMILES string of the molecule is COC(=O)C1(c2ccccc2)CCN(C(=O)Cc2cccc3cccnc23)CC1. The molecule has 1 fully saturated rings. The summed E-state index contributed by atoms with van der Waals surface area (Å²) in [6, 6.07) is 19.6. The van der Waals surface area contributed by atoms with Crippen LogP contribution in [0.15, 0.2) is 66.9 Å². The van der Waals surface area contributed by atoms with Gasteiger partial charge in [0.15, 0.2) is 0 Å². The number of carbonyl (C=O) groups is 2. The maximum absolute atomic E-state index is 13.0. The Morgan fingerprint density at radius 2 is 1.72 bits per heavy atom. The monoisotopic (exact) mass is 388 g/mol. The van der Waals surface area contributed by atoms with Gasteiger partial charge in [-0.2, -0.15) is 0 Å². The lowest BCUT2D eigenvalue weighted by atomic mass is 9.72. The molecule has 2 heterocycles. The second-order valence-corrected chi connectivity index (χ2v) is 7.49. The van der Waals surface area contributed by atoms with Gasteiger partial charge in [-0.15, -0.1) is 0 Å². The summed E-state index contributed by atoms with van der Waals surface area (Å²) in [7, 11) is 1.43. The summed E-state index contributed by atoms with van der Waals surface area (Å²) < 4.78 is 5.14. The lowest BCUT2D eigenvalue weighted by Gasteiger charge is -2.40. The number of hydrogen-bond acceptors (Lipinski definition) is 4. The number of amides is 1. The largest absolute Gasteiger partial charge is 0.468 e. The quantitative estimate of drug-likeness (QED) is 0.642. The van der Waals surface area contributed by atoms with Gasteiger partial charge in [0.05, 0.1) is 24.5 Å². The first-order valence-corrected chi connectivity index (χ1v) is 9.88. The zero-order chi connectivity index (χ0) is 20.3. The van der Waals surface area contributed by atoms with E-state index in [2.05, 4.69) is 4.98 Å². The van der Waals surface area contributed by atoms with E-state index in [4.69, 9.17) is 4.74 Å². The molecule has 0 bridgehead atoms. The molecule has 0 spiro atoms. The molecule has 4 rings (SSSR count). The predicted molar refractivity (Wildman–Crippen MR) is 111 cm³/mol. The zero-order valence-corrected chi connectivity index (χ0v) is 16.5. The van der Waals surface area contributed by atoms with E-state index in [0.29, 0.717) is 32.4 Å². The minimum atomic E-state index is -0.687. The first-order chi connectivity index (χ1) is 14.1. The fraction of sp³-hybridized carbons (Fsp3) is 0.292. The standard InChI is InChI=1S/C24H24N2O3/c1-29-23(28)24(20-10-3-2-4-11-20)12-15-26(16-13-24)21(27)17-19-8-5-7-18-9-6-14-25-22(18)19/h2-11,14H,12-13,15-17H2,1H3. The van der Waals surface area contributed by atoms with Crippen LogP contribution < -0.4 is 0 Å². The molecule has 5 nitrogen and oxygen atoms in total. The van der Waals surface area contributed by atoms with Gasteiger partial charge in [-0.3, -0.25) is 14.6 Å². The van der Waals surface area contributed by atoms with Crippen LogP contribution >= 0.6 is 0 Å². The predicted octanol–water partition coefficient (Wildman–Crippen LogP) is 3.51. The number of pyridine rings is 1. The van der Waals surface area contributed by atoms with E-state index in [1.54, 1.807) is 6.20 Å². The molecule has 148 valence electrons. The van der Waals surface area contributed by atoms with Crippen molar-refractivity contribution < 1.29 is 14.3 Å². The van der Waals surface area contributed by atoms with Crippen LogP contribution in [0.25, 0.3) is 10.9 Å². The second-order valence-electron chi connectivity index (χ2n) is 7.49. The summed E-state index contributed by atoms with van der Waals surface area (Å²) in [5.74, 6) is -0.163. The Balaban J connectivity index is 1.51. The molecule has 1 aliphatic heterocycles. The smallest absolute Gasteiger partial charge is 0.316 e. The summed E-state index contributed by atoms with van der Waals surface area (Å²) in [6.45, 7) is 1.06. The van der Waals surface area contributed by atoms with E-state index in [9.17, 15) is 9.59 Å². The van der Waals surface area contributed by atoms with Gasteiger partial charge in [0.2, 0.25) is 5.91 Å². The molecule has 1 aliphatic rings. The molecule has 1 aromatic heterocycles. The highest BCUT2D eigenvalue weighted by Gasteiger charge is 2.44. The van der Waals surface area contributed by atoms with Crippen molar-refractivity contribution in [3.8, 4) is 0 Å². The maximum atomic E-state index is 13.0. The van der Waals surface area contributed by atoms with Crippen LogP contribution in [0.4, 0.5) is 0 Å². The normalized spacial score (nSPS) is 15.8. The molecular formula is C24H24N2O3. The first kappa shape index (κ1) is 19.1. The molecule has 0 N–H and O–H groups in total. The van der Waals surface area contributed by atoms with E-state index in [1.807, 2.05) is 65.6 Å². The van der Waals surface area contributed by atoms with Crippen LogP contribution in [-0.4, -0.2) is 42.0 Å². The van der Waals surface area contributed by atoms with Crippen molar-refractivity contribution in [1.29, 1.82) is 0 Å². The fourth-order valence-electron chi connectivity index (χ4n) is 4.29. The molecule has 5 heteroatoms. The molecule has 29 heavy (non-hydrogen) atoms. The average Bonchev–Trinajstić information content (AvgIpc) is 2.79. The van der Waals surface area contributed by atoms with Crippen LogP contribution in [-0.2, 0) is 26.2 Å². The number of benzene rings is 2. The third kappa shape index (κ3) is 3.60. The minimum absolute atomic E-state index is 0.0645. The van der Waals surface area contributed by atoms with Gasteiger partial charge in [-0.25, -0.2) is 0 Å². The Hall–Kier alpha value is -3.21. The van der Waals surface area contributed by atoms with Crippen LogP contribution in [0.3, 0.4) is 0 Å². The number of hydrogen-bond donors (Lipinski definition) is 0. The van der Waals surface area contributed by atoms with E-state index >= 15 is 0 Å². The Bertz CT molecular complexity index is 1020. The average molecular weight is 388 g/mol. The number of nitrogens with zero attached hydrogens (tertiary/aromatic N) is 2. The molecule has 2 aromatic carbocycles. The number of rotatable bonds is 4. The van der Waals surface area contributed by atoms with Crippen molar-refractivity contribution >= 4 is 22.8 Å². The third-order valence-corrected chi connectivity index (χ3v) is 5.93. The Morgan fingerprint density at radius 3 is 2.45 bits per heavy atom. The van der Waals surface area contributed by atoms with Crippen molar-refractivity contribution in [3.63, 3.8) is 0 Å². The van der Waals surface area contributed by atoms with E-state index in [-0.39, 0.29) is 11.9 Å². The van der Waals surface area contributed by atoms with Gasteiger partial charge in [0, 0.05) is 24.7 Å². The number of carbonyl (C=O) groups excluding carboxylic acids is 2. The van der Waals surface area contributed by atoms with E-state index < -0.39 is 5.41 Å². The molecule has 3 aromatic rings. The highest BCUT2D eigenvalue weighted by Crippen LogP contribution is 2.37. The number of ether oxygens (including phenoxy) is 1. The van der Waals surface area contributed by atoms with Crippen molar-refractivity contribution in [2.24, 2.45) is 0 Å². The number of para-hydroxylation sites is 1. The van der Waals surface area contributed by atoms with Gasteiger partial charge in [-0.05, 0) is 30.0 Å².